The van der Waals surface area contributed by atoms with Gasteiger partial charge in [0, 0.05) is 6.54 Å². The van der Waals surface area contributed by atoms with Crippen molar-refractivity contribution in [3.05, 3.63) is 0 Å². The van der Waals surface area contributed by atoms with Crippen molar-refractivity contribution in [2.24, 2.45) is 5.92 Å². The van der Waals surface area contributed by atoms with Crippen LogP contribution >= 0.6 is 0 Å². The molecule has 0 bridgehead atoms. The van der Waals surface area contributed by atoms with Gasteiger partial charge in [0.05, 0.1) is 5.92 Å². The summed E-state index contributed by atoms with van der Waals surface area (Å²) in [5.41, 5.74) is 0. The predicted molar refractivity (Wildman–Crippen MR) is 44.7 cm³/mol. The van der Waals surface area contributed by atoms with Crippen LogP contribution in [0.4, 0.5) is 0 Å². The number of rotatable bonds is 2. The molecule has 1 aliphatic heterocycles. The van der Waals surface area contributed by atoms with Gasteiger partial charge in [0.2, 0.25) is 0 Å². The first kappa shape index (κ1) is 8.05. The molecule has 2 aliphatic rings. The van der Waals surface area contributed by atoms with Crippen LogP contribution in [0.15, 0.2) is 0 Å². The van der Waals surface area contributed by atoms with E-state index in [4.69, 9.17) is 4.74 Å². The van der Waals surface area contributed by atoms with E-state index in [0.717, 1.165) is 32.4 Å². The Kier molecular flexibility index (Phi) is 2.30. The van der Waals surface area contributed by atoms with Crippen LogP contribution in [0.3, 0.4) is 0 Å². The first-order valence-corrected chi connectivity index (χ1v) is 4.77. The maximum Gasteiger partial charge on any atom is 0.310 e. The molecule has 0 spiro atoms. The van der Waals surface area contributed by atoms with Gasteiger partial charge in [-0.1, -0.05) is 0 Å². The molecule has 2 fully saturated rings. The molecule has 1 saturated carbocycles. The number of ether oxygens (including phenoxy) is 1. The maximum absolute atomic E-state index is 11.4. The zero-order valence-corrected chi connectivity index (χ0v) is 7.21. The number of carbonyl (C=O) groups excluding carboxylic acids is 1. The highest BCUT2D eigenvalue weighted by Crippen LogP contribution is 2.23. The fraction of sp³-hybridized carbons (Fsp3) is 0.889. The van der Waals surface area contributed by atoms with E-state index < -0.39 is 0 Å². The Labute approximate surface area is 72.5 Å². The molecule has 0 radical (unpaired) electrons. The van der Waals surface area contributed by atoms with Crippen molar-refractivity contribution in [2.45, 2.75) is 31.8 Å². The van der Waals surface area contributed by atoms with Gasteiger partial charge >= 0.3 is 5.97 Å². The second-order valence-electron chi connectivity index (χ2n) is 3.68. The van der Waals surface area contributed by atoms with E-state index in [1.54, 1.807) is 0 Å². The quantitative estimate of drug-likeness (QED) is 0.618. The molecular weight excluding hydrogens is 154 g/mol. The van der Waals surface area contributed by atoms with E-state index in [9.17, 15) is 4.79 Å². The molecule has 68 valence electrons. The Morgan fingerprint density at radius 2 is 2.17 bits per heavy atom. The standard InChI is InChI=1S/C9H15NO2/c11-9(7-4-5-10-6-7)12-8-2-1-3-8/h7-8,10H,1-6H2. The minimum atomic E-state index is 0.0182. The van der Waals surface area contributed by atoms with Gasteiger partial charge in [-0.15, -0.1) is 0 Å². The summed E-state index contributed by atoms with van der Waals surface area (Å²) in [6.45, 7) is 1.77. The monoisotopic (exact) mass is 169 g/mol. The Bertz CT molecular complexity index is 171. The first-order chi connectivity index (χ1) is 5.86. The molecule has 1 heterocycles. The molecule has 0 aromatic heterocycles. The summed E-state index contributed by atoms with van der Waals surface area (Å²) in [4.78, 5) is 11.4. The third-order valence-corrected chi connectivity index (χ3v) is 2.73. The van der Waals surface area contributed by atoms with Crippen LogP contribution in [0.25, 0.3) is 0 Å². The van der Waals surface area contributed by atoms with Crippen molar-refractivity contribution in [1.29, 1.82) is 0 Å². The van der Waals surface area contributed by atoms with Crippen molar-refractivity contribution in [3.8, 4) is 0 Å². The van der Waals surface area contributed by atoms with Gasteiger partial charge in [-0.3, -0.25) is 4.79 Å². The highest BCUT2D eigenvalue weighted by Gasteiger charge is 2.28. The average Bonchev–Trinajstić information content (AvgIpc) is 2.47. The third-order valence-electron chi connectivity index (χ3n) is 2.73. The molecule has 3 heteroatoms. The van der Waals surface area contributed by atoms with Crippen molar-refractivity contribution in [3.63, 3.8) is 0 Å². The minimum Gasteiger partial charge on any atom is -0.462 e. The third kappa shape index (κ3) is 1.61. The lowest BCUT2D eigenvalue weighted by Crippen LogP contribution is -2.29. The van der Waals surface area contributed by atoms with Gasteiger partial charge in [0.1, 0.15) is 6.10 Å². The number of hydrogen-bond donors (Lipinski definition) is 1. The lowest BCUT2D eigenvalue weighted by atomic mass is 9.96. The largest absolute Gasteiger partial charge is 0.462 e. The number of esters is 1. The Balaban J connectivity index is 1.74. The van der Waals surface area contributed by atoms with Crippen molar-refractivity contribution in [2.75, 3.05) is 13.1 Å². The molecule has 3 nitrogen and oxygen atoms in total. The van der Waals surface area contributed by atoms with E-state index in [1.807, 2.05) is 0 Å². The summed E-state index contributed by atoms with van der Waals surface area (Å²) in [5.74, 6) is 0.148. The van der Waals surface area contributed by atoms with E-state index >= 15 is 0 Å². The van der Waals surface area contributed by atoms with Gasteiger partial charge in [-0.05, 0) is 32.2 Å². The molecule has 0 aromatic carbocycles. The van der Waals surface area contributed by atoms with E-state index in [-0.39, 0.29) is 18.0 Å². The Hall–Kier alpha value is -0.570. The maximum atomic E-state index is 11.4. The predicted octanol–water partition coefficient (Wildman–Crippen LogP) is 0.692. The van der Waals surface area contributed by atoms with Crippen molar-refractivity contribution in [1.82, 2.24) is 5.32 Å². The van der Waals surface area contributed by atoms with Crippen molar-refractivity contribution >= 4 is 5.97 Å². The van der Waals surface area contributed by atoms with Crippen LogP contribution in [0, 0.1) is 5.92 Å². The summed E-state index contributed by atoms with van der Waals surface area (Å²) >= 11 is 0. The zero-order valence-electron chi connectivity index (χ0n) is 7.21. The SMILES string of the molecule is O=C(OC1CCC1)C1CCNC1. The van der Waals surface area contributed by atoms with Crippen LogP contribution in [-0.4, -0.2) is 25.2 Å². The molecule has 1 unspecified atom stereocenters. The van der Waals surface area contributed by atoms with Gasteiger partial charge in [-0.2, -0.15) is 0 Å². The molecule has 0 aromatic rings. The summed E-state index contributed by atoms with van der Waals surface area (Å²) in [6, 6.07) is 0. The summed E-state index contributed by atoms with van der Waals surface area (Å²) in [6.07, 6.45) is 4.57. The molecular formula is C9H15NO2. The zero-order chi connectivity index (χ0) is 8.39. The smallest absolute Gasteiger partial charge is 0.310 e. The molecule has 1 N–H and O–H groups in total. The summed E-state index contributed by atoms with van der Waals surface area (Å²) in [7, 11) is 0. The van der Waals surface area contributed by atoms with Crippen LogP contribution in [0.1, 0.15) is 25.7 Å². The van der Waals surface area contributed by atoms with Crippen LogP contribution < -0.4 is 5.32 Å². The summed E-state index contributed by atoms with van der Waals surface area (Å²) < 4.78 is 5.29. The van der Waals surface area contributed by atoms with Crippen LogP contribution in [0.2, 0.25) is 0 Å². The molecule has 1 saturated heterocycles. The fourth-order valence-electron chi connectivity index (χ4n) is 1.60. The Morgan fingerprint density at radius 3 is 2.67 bits per heavy atom. The molecule has 1 atom stereocenters. The van der Waals surface area contributed by atoms with Crippen LogP contribution in [0.5, 0.6) is 0 Å². The average molecular weight is 169 g/mol. The normalized spacial score (nSPS) is 29.8. The first-order valence-electron chi connectivity index (χ1n) is 4.77. The van der Waals surface area contributed by atoms with Crippen molar-refractivity contribution < 1.29 is 9.53 Å². The van der Waals surface area contributed by atoms with E-state index in [1.165, 1.54) is 6.42 Å². The molecule has 0 amide bonds. The fourth-order valence-corrected chi connectivity index (χ4v) is 1.60. The number of carbonyl (C=O) groups is 1. The van der Waals surface area contributed by atoms with Gasteiger partial charge in [-0.25, -0.2) is 0 Å². The molecule has 1 aliphatic carbocycles. The minimum absolute atomic E-state index is 0.0182. The van der Waals surface area contributed by atoms with Gasteiger partial charge in [0.25, 0.3) is 0 Å². The number of nitrogens with one attached hydrogen (secondary N) is 1. The van der Waals surface area contributed by atoms with Gasteiger partial charge in [0.15, 0.2) is 0 Å². The second kappa shape index (κ2) is 3.44. The highest BCUT2D eigenvalue weighted by atomic mass is 16.5. The lowest BCUT2D eigenvalue weighted by Gasteiger charge is -2.26. The van der Waals surface area contributed by atoms with Gasteiger partial charge < -0.3 is 10.1 Å². The van der Waals surface area contributed by atoms with E-state index in [2.05, 4.69) is 5.32 Å². The lowest BCUT2D eigenvalue weighted by molar-refractivity contribution is -0.157. The second-order valence-corrected chi connectivity index (χ2v) is 3.68. The molecule has 2 rings (SSSR count). The molecule has 12 heavy (non-hydrogen) atoms. The summed E-state index contributed by atoms with van der Waals surface area (Å²) in [5, 5.41) is 3.16. The highest BCUT2D eigenvalue weighted by molar-refractivity contribution is 5.73. The van der Waals surface area contributed by atoms with E-state index in [0.29, 0.717) is 0 Å². The Morgan fingerprint density at radius 1 is 1.33 bits per heavy atom. The number of hydrogen-bond acceptors (Lipinski definition) is 3. The topological polar surface area (TPSA) is 38.3 Å². The van der Waals surface area contributed by atoms with Crippen LogP contribution in [-0.2, 0) is 9.53 Å².